The summed E-state index contributed by atoms with van der Waals surface area (Å²) in [5.74, 6) is 0.157. The van der Waals surface area contributed by atoms with Crippen LogP contribution in [0.4, 0.5) is 18.9 Å². The Bertz CT molecular complexity index is 1550. The van der Waals surface area contributed by atoms with Crippen LogP contribution in [0, 0.1) is 0 Å². The quantitative estimate of drug-likeness (QED) is 0.504. The first-order chi connectivity index (χ1) is 18.7. The largest absolute Gasteiger partial charge is 0.416 e. The third-order valence-electron chi connectivity index (χ3n) is 7.91. The van der Waals surface area contributed by atoms with Crippen molar-refractivity contribution in [1.29, 1.82) is 0 Å². The van der Waals surface area contributed by atoms with Gasteiger partial charge in [-0.25, -0.2) is 0 Å². The maximum absolute atomic E-state index is 13.8. The molecule has 206 valence electrons. The van der Waals surface area contributed by atoms with Gasteiger partial charge in [0, 0.05) is 16.7 Å². The molecule has 0 bridgehead atoms. The van der Waals surface area contributed by atoms with Crippen LogP contribution in [0.2, 0.25) is 5.02 Å². The molecule has 0 radical (unpaired) electrons. The number of hydrogen-bond donors (Lipinski definition) is 2. The summed E-state index contributed by atoms with van der Waals surface area (Å²) in [5.41, 5.74) is 0.938. The fourth-order valence-corrected chi connectivity index (χ4v) is 6.17. The van der Waals surface area contributed by atoms with E-state index >= 15 is 0 Å². The standard InChI is InChI=1S/C26H26ClF3N6O3/c27-17-13-16(26(28,29)30)1-2-18(17)32-20(37)14-35-19-3-6-25(7-9-31-10-8-25)21(19)23(38)36-24(35)33-22(34-36)15-4-11-39-12-5-15/h1-2,4,13,31H,3,5-12,14H2,(H,32,37). The Morgan fingerprint density at radius 1 is 1.21 bits per heavy atom. The number of nitrogens with one attached hydrogen (secondary N) is 2. The highest BCUT2D eigenvalue weighted by Crippen LogP contribution is 2.43. The smallest absolute Gasteiger partial charge is 0.377 e. The summed E-state index contributed by atoms with van der Waals surface area (Å²) in [6.07, 6.45) is 0.935. The number of nitrogens with zero attached hydrogens (tertiary/aromatic N) is 4. The normalized spacial score (nSPS) is 18.8. The lowest BCUT2D eigenvalue weighted by atomic mass is 9.75. The predicted octanol–water partition coefficient (Wildman–Crippen LogP) is 3.57. The molecular formula is C26H26ClF3N6O3. The first kappa shape index (κ1) is 26.0. The number of halogens is 4. The van der Waals surface area contributed by atoms with Gasteiger partial charge in [-0.1, -0.05) is 17.7 Å². The molecule has 0 unspecified atom stereocenters. The molecule has 1 fully saturated rings. The number of benzene rings is 1. The number of rotatable bonds is 4. The fourth-order valence-electron chi connectivity index (χ4n) is 5.94. The van der Waals surface area contributed by atoms with Crippen molar-refractivity contribution in [2.24, 2.45) is 0 Å². The topological polar surface area (TPSA) is 103 Å². The number of aromatic nitrogens is 4. The zero-order valence-electron chi connectivity index (χ0n) is 20.9. The van der Waals surface area contributed by atoms with E-state index in [0.717, 1.165) is 61.8 Å². The minimum absolute atomic E-state index is 0.0627. The predicted molar refractivity (Wildman–Crippen MR) is 138 cm³/mol. The SMILES string of the molecule is O=C(Cn1c2c(c(=O)n3nc(C4=CCOCC4)nc13)C1(CCNCC1)CC2)Nc1ccc(C(F)(F)F)cc1Cl. The van der Waals surface area contributed by atoms with E-state index in [-0.39, 0.29) is 34.0 Å². The lowest BCUT2D eigenvalue weighted by Gasteiger charge is -2.34. The summed E-state index contributed by atoms with van der Waals surface area (Å²) in [5, 5.41) is 10.3. The van der Waals surface area contributed by atoms with Gasteiger partial charge in [0.1, 0.15) is 6.54 Å². The molecular weight excluding hydrogens is 537 g/mol. The van der Waals surface area contributed by atoms with Crippen LogP contribution >= 0.6 is 11.6 Å². The first-order valence-electron chi connectivity index (χ1n) is 12.8. The van der Waals surface area contributed by atoms with Crippen molar-refractivity contribution in [3.8, 4) is 0 Å². The summed E-state index contributed by atoms with van der Waals surface area (Å²) in [7, 11) is 0. The van der Waals surface area contributed by atoms with Gasteiger partial charge in [0.05, 0.1) is 29.5 Å². The molecule has 6 rings (SSSR count). The summed E-state index contributed by atoms with van der Waals surface area (Å²) < 4.78 is 47.5. The van der Waals surface area contributed by atoms with Crippen LogP contribution in [-0.4, -0.2) is 51.4 Å². The molecule has 0 saturated carbocycles. The molecule has 1 spiro atoms. The Morgan fingerprint density at radius 3 is 2.69 bits per heavy atom. The number of alkyl halides is 3. The Balaban J connectivity index is 1.41. The van der Waals surface area contributed by atoms with E-state index in [1.165, 1.54) is 4.52 Å². The molecule has 3 aliphatic rings. The molecule has 2 N–H and O–H groups in total. The second-order valence-electron chi connectivity index (χ2n) is 10.2. The van der Waals surface area contributed by atoms with E-state index in [0.29, 0.717) is 37.4 Å². The van der Waals surface area contributed by atoms with E-state index in [1.807, 2.05) is 6.08 Å². The van der Waals surface area contributed by atoms with Gasteiger partial charge in [-0.3, -0.25) is 9.59 Å². The molecule has 1 saturated heterocycles. The molecule has 2 aliphatic heterocycles. The molecule has 4 heterocycles. The molecule has 1 aromatic carbocycles. The average Bonchev–Trinajstić information content (AvgIpc) is 3.51. The lowest BCUT2D eigenvalue weighted by molar-refractivity contribution is -0.137. The van der Waals surface area contributed by atoms with E-state index in [1.54, 1.807) is 4.57 Å². The van der Waals surface area contributed by atoms with Crippen molar-refractivity contribution in [3.05, 3.63) is 62.3 Å². The third kappa shape index (κ3) is 4.64. The van der Waals surface area contributed by atoms with Gasteiger partial charge < -0.3 is 19.9 Å². The Kier molecular flexibility index (Phi) is 6.51. The van der Waals surface area contributed by atoms with Crippen molar-refractivity contribution in [3.63, 3.8) is 0 Å². The van der Waals surface area contributed by atoms with Gasteiger partial charge in [-0.2, -0.15) is 22.7 Å². The van der Waals surface area contributed by atoms with Crippen molar-refractivity contribution < 1.29 is 22.7 Å². The lowest BCUT2D eigenvalue weighted by Crippen LogP contribution is -2.42. The highest BCUT2D eigenvalue weighted by Gasteiger charge is 2.44. The Hall–Kier alpha value is -3.22. The van der Waals surface area contributed by atoms with Crippen molar-refractivity contribution in [2.45, 2.75) is 50.2 Å². The molecule has 13 heteroatoms. The number of piperidine rings is 1. The van der Waals surface area contributed by atoms with E-state index in [9.17, 15) is 22.8 Å². The Morgan fingerprint density at radius 2 is 2.00 bits per heavy atom. The molecule has 39 heavy (non-hydrogen) atoms. The maximum Gasteiger partial charge on any atom is 0.416 e. The van der Waals surface area contributed by atoms with Crippen molar-refractivity contribution in [1.82, 2.24) is 24.5 Å². The fraction of sp³-hybridized carbons (Fsp3) is 0.462. The number of carbonyl (C=O) groups is 1. The summed E-state index contributed by atoms with van der Waals surface area (Å²) in [4.78, 5) is 31.8. The van der Waals surface area contributed by atoms with Crippen molar-refractivity contribution >= 4 is 34.5 Å². The molecule has 1 amide bonds. The maximum atomic E-state index is 13.8. The first-order valence-corrected chi connectivity index (χ1v) is 13.2. The molecule has 0 atom stereocenters. The molecule has 9 nitrogen and oxygen atoms in total. The van der Waals surface area contributed by atoms with Crippen molar-refractivity contribution in [2.75, 3.05) is 31.6 Å². The summed E-state index contributed by atoms with van der Waals surface area (Å²) >= 11 is 6.07. The van der Waals surface area contributed by atoms with Crippen LogP contribution in [0.5, 0.6) is 0 Å². The minimum atomic E-state index is -4.55. The van der Waals surface area contributed by atoms with E-state index in [2.05, 4.69) is 20.7 Å². The molecule has 2 aromatic heterocycles. The molecule has 1 aliphatic carbocycles. The number of fused-ring (bicyclic) bond motifs is 3. The van der Waals surface area contributed by atoms with Gasteiger partial charge in [0.15, 0.2) is 5.82 Å². The van der Waals surface area contributed by atoms with Crippen LogP contribution in [0.15, 0.2) is 29.1 Å². The van der Waals surface area contributed by atoms with Crippen LogP contribution in [-0.2, 0) is 34.1 Å². The number of anilines is 1. The average molecular weight is 563 g/mol. The second kappa shape index (κ2) is 9.76. The zero-order valence-corrected chi connectivity index (χ0v) is 21.7. The van der Waals surface area contributed by atoms with E-state index in [4.69, 9.17) is 16.3 Å². The van der Waals surface area contributed by atoms with Gasteiger partial charge in [0.2, 0.25) is 11.7 Å². The summed E-state index contributed by atoms with van der Waals surface area (Å²) in [6, 6.07) is 2.77. The highest BCUT2D eigenvalue weighted by atomic mass is 35.5. The van der Waals surface area contributed by atoms with E-state index < -0.39 is 17.6 Å². The van der Waals surface area contributed by atoms with Crippen LogP contribution in [0.25, 0.3) is 11.4 Å². The number of carbonyl (C=O) groups excluding carboxylic acids is 1. The Labute approximate surface area is 226 Å². The monoisotopic (exact) mass is 562 g/mol. The van der Waals surface area contributed by atoms with Gasteiger partial charge >= 0.3 is 6.18 Å². The third-order valence-corrected chi connectivity index (χ3v) is 8.22. The number of hydrogen-bond acceptors (Lipinski definition) is 6. The molecule has 3 aromatic rings. The second-order valence-corrected chi connectivity index (χ2v) is 10.6. The van der Waals surface area contributed by atoms with Gasteiger partial charge in [-0.05, 0) is 69.0 Å². The number of ether oxygens (including phenoxy) is 1. The van der Waals surface area contributed by atoms with Gasteiger partial charge in [0.25, 0.3) is 5.56 Å². The zero-order chi connectivity index (χ0) is 27.4. The van der Waals surface area contributed by atoms with Crippen LogP contribution in [0.3, 0.4) is 0 Å². The van der Waals surface area contributed by atoms with Crippen LogP contribution < -0.4 is 16.2 Å². The highest BCUT2D eigenvalue weighted by molar-refractivity contribution is 6.33. The summed E-state index contributed by atoms with van der Waals surface area (Å²) in [6.45, 7) is 2.32. The minimum Gasteiger partial charge on any atom is -0.377 e. The van der Waals surface area contributed by atoms with Gasteiger partial charge in [-0.15, -0.1) is 5.10 Å². The van der Waals surface area contributed by atoms with Crippen LogP contribution in [0.1, 0.15) is 48.3 Å². The number of amides is 1.